The predicted octanol–water partition coefficient (Wildman–Crippen LogP) is 1.21. The van der Waals surface area contributed by atoms with Crippen LogP contribution in [0.4, 0.5) is 0 Å². The SMILES string of the molecule is CCC1CCS(=O)(=O)N1C(C)C. The Morgan fingerprint density at radius 3 is 2.42 bits per heavy atom. The molecule has 4 heteroatoms. The molecule has 0 aromatic carbocycles. The molecular weight excluding hydrogens is 174 g/mol. The summed E-state index contributed by atoms with van der Waals surface area (Å²) >= 11 is 0. The molecule has 0 radical (unpaired) electrons. The fourth-order valence-corrected chi connectivity index (χ4v) is 4.00. The molecule has 1 saturated heterocycles. The molecule has 3 nitrogen and oxygen atoms in total. The van der Waals surface area contributed by atoms with Crippen LogP contribution in [0.5, 0.6) is 0 Å². The average molecular weight is 191 g/mol. The smallest absolute Gasteiger partial charge is 0.212 e. The van der Waals surface area contributed by atoms with E-state index in [2.05, 4.69) is 0 Å². The molecule has 1 aliphatic heterocycles. The van der Waals surface area contributed by atoms with Crippen LogP contribution in [0.3, 0.4) is 0 Å². The number of hydrogen-bond acceptors (Lipinski definition) is 2. The lowest BCUT2D eigenvalue weighted by atomic mass is 10.1. The van der Waals surface area contributed by atoms with E-state index in [-0.39, 0.29) is 12.1 Å². The first-order valence-corrected chi connectivity index (χ1v) is 6.11. The second kappa shape index (κ2) is 3.34. The summed E-state index contributed by atoms with van der Waals surface area (Å²) in [5.74, 6) is 0.337. The van der Waals surface area contributed by atoms with E-state index in [9.17, 15) is 8.42 Å². The van der Waals surface area contributed by atoms with Crippen molar-refractivity contribution in [1.29, 1.82) is 0 Å². The van der Waals surface area contributed by atoms with Crippen molar-refractivity contribution in [2.75, 3.05) is 5.75 Å². The van der Waals surface area contributed by atoms with E-state index in [1.165, 1.54) is 0 Å². The molecule has 12 heavy (non-hydrogen) atoms. The van der Waals surface area contributed by atoms with Crippen LogP contribution in [0, 0.1) is 0 Å². The van der Waals surface area contributed by atoms with Gasteiger partial charge in [0.05, 0.1) is 5.75 Å². The van der Waals surface area contributed by atoms with E-state index in [0.29, 0.717) is 5.75 Å². The van der Waals surface area contributed by atoms with Crippen molar-refractivity contribution in [3.05, 3.63) is 0 Å². The molecule has 1 heterocycles. The van der Waals surface area contributed by atoms with E-state index < -0.39 is 10.0 Å². The van der Waals surface area contributed by atoms with Gasteiger partial charge in [0.1, 0.15) is 0 Å². The number of nitrogens with zero attached hydrogens (tertiary/aromatic N) is 1. The van der Waals surface area contributed by atoms with E-state index in [0.717, 1.165) is 12.8 Å². The Balaban J connectivity index is 2.88. The maximum atomic E-state index is 11.5. The predicted molar refractivity (Wildman–Crippen MR) is 49.5 cm³/mol. The number of sulfonamides is 1. The van der Waals surface area contributed by atoms with Crippen LogP contribution in [0.15, 0.2) is 0 Å². The minimum atomic E-state index is -2.91. The van der Waals surface area contributed by atoms with Gasteiger partial charge in [-0.15, -0.1) is 0 Å². The highest BCUT2D eigenvalue weighted by Crippen LogP contribution is 2.25. The molecule has 0 amide bonds. The van der Waals surface area contributed by atoms with Gasteiger partial charge in [0, 0.05) is 12.1 Å². The van der Waals surface area contributed by atoms with Crippen molar-refractivity contribution in [3.63, 3.8) is 0 Å². The molecule has 1 aliphatic rings. The van der Waals surface area contributed by atoms with Gasteiger partial charge in [0.15, 0.2) is 0 Å². The van der Waals surface area contributed by atoms with Gasteiger partial charge >= 0.3 is 0 Å². The second-order valence-electron chi connectivity index (χ2n) is 3.59. The van der Waals surface area contributed by atoms with Crippen LogP contribution in [0.2, 0.25) is 0 Å². The molecular formula is C8H17NO2S. The van der Waals surface area contributed by atoms with Gasteiger partial charge in [-0.1, -0.05) is 6.92 Å². The molecule has 0 aliphatic carbocycles. The summed E-state index contributed by atoms with van der Waals surface area (Å²) in [6.07, 6.45) is 1.73. The Hall–Kier alpha value is -0.0900. The third-order valence-corrected chi connectivity index (χ3v) is 4.48. The standard InChI is InChI=1S/C8H17NO2S/c1-4-8-5-6-12(10,11)9(8)7(2)3/h7-8H,4-6H2,1-3H3. The van der Waals surface area contributed by atoms with Gasteiger partial charge in [-0.25, -0.2) is 8.42 Å². The summed E-state index contributed by atoms with van der Waals surface area (Å²) in [4.78, 5) is 0. The Labute approximate surface area is 74.8 Å². The van der Waals surface area contributed by atoms with E-state index in [1.807, 2.05) is 20.8 Å². The van der Waals surface area contributed by atoms with Crippen molar-refractivity contribution in [2.45, 2.75) is 45.7 Å². The zero-order valence-electron chi connectivity index (χ0n) is 7.95. The molecule has 0 aromatic rings. The van der Waals surface area contributed by atoms with Crippen LogP contribution in [-0.4, -0.2) is 30.6 Å². The summed E-state index contributed by atoms with van der Waals surface area (Å²) in [5, 5.41) is 0. The maximum absolute atomic E-state index is 11.5. The van der Waals surface area contributed by atoms with Gasteiger partial charge in [0.25, 0.3) is 0 Å². The van der Waals surface area contributed by atoms with Crippen molar-refractivity contribution in [3.8, 4) is 0 Å². The lowest BCUT2D eigenvalue weighted by Crippen LogP contribution is -2.38. The average Bonchev–Trinajstić information content (AvgIpc) is 2.24. The highest BCUT2D eigenvalue weighted by molar-refractivity contribution is 7.89. The fourth-order valence-electron chi connectivity index (χ4n) is 1.87. The third-order valence-electron chi connectivity index (χ3n) is 2.37. The van der Waals surface area contributed by atoms with E-state index in [1.54, 1.807) is 4.31 Å². The molecule has 1 rings (SSSR count). The first kappa shape index (κ1) is 9.99. The van der Waals surface area contributed by atoms with Gasteiger partial charge < -0.3 is 0 Å². The lowest BCUT2D eigenvalue weighted by Gasteiger charge is -2.25. The first-order chi connectivity index (χ1) is 5.49. The Bertz CT molecular complexity index is 246. The van der Waals surface area contributed by atoms with Crippen molar-refractivity contribution < 1.29 is 8.42 Å². The van der Waals surface area contributed by atoms with Crippen molar-refractivity contribution in [1.82, 2.24) is 4.31 Å². The molecule has 0 spiro atoms. The van der Waals surface area contributed by atoms with E-state index >= 15 is 0 Å². The van der Waals surface area contributed by atoms with Gasteiger partial charge in [-0.05, 0) is 26.7 Å². The van der Waals surface area contributed by atoms with E-state index in [4.69, 9.17) is 0 Å². The molecule has 72 valence electrons. The molecule has 0 aromatic heterocycles. The summed E-state index contributed by atoms with van der Waals surface area (Å²) in [6.45, 7) is 5.91. The van der Waals surface area contributed by atoms with Crippen LogP contribution >= 0.6 is 0 Å². The summed E-state index contributed by atoms with van der Waals surface area (Å²) < 4.78 is 24.7. The van der Waals surface area contributed by atoms with Crippen molar-refractivity contribution in [2.24, 2.45) is 0 Å². The second-order valence-corrected chi connectivity index (χ2v) is 5.58. The fraction of sp³-hybridized carbons (Fsp3) is 1.00. The first-order valence-electron chi connectivity index (χ1n) is 4.50. The van der Waals surface area contributed by atoms with Crippen LogP contribution in [0.1, 0.15) is 33.6 Å². The van der Waals surface area contributed by atoms with Gasteiger partial charge in [0.2, 0.25) is 10.0 Å². The zero-order valence-corrected chi connectivity index (χ0v) is 8.76. The van der Waals surface area contributed by atoms with Crippen LogP contribution in [-0.2, 0) is 10.0 Å². The van der Waals surface area contributed by atoms with Crippen LogP contribution < -0.4 is 0 Å². The molecule has 0 bridgehead atoms. The quantitative estimate of drug-likeness (QED) is 0.658. The molecule has 0 saturated carbocycles. The third kappa shape index (κ3) is 1.64. The largest absolute Gasteiger partial charge is 0.214 e. The monoisotopic (exact) mass is 191 g/mol. The Morgan fingerprint density at radius 2 is 2.08 bits per heavy atom. The topological polar surface area (TPSA) is 37.4 Å². The number of hydrogen-bond donors (Lipinski definition) is 0. The maximum Gasteiger partial charge on any atom is 0.214 e. The Kier molecular flexibility index (Phi) is 2.78. The lowest BCUT2D eigenvalue weighted by molar-refractivity contribution is 0.287. The molecule has 1 unspecified atom stereocenters. The van der Waals surface area contributed by atoms with Crippen molar-refractivity contribution >= 4 is 10.0 Å². The van der Waals surface area contributed by atoms with Gasteiger partial charge in [-0.3, -0.25) is 0 Å². The summed E-state index contributed by atoms with van der Waals surface area (Å²) in [6, 6.07) is 0.359. The summed E-state index contributed by atoms with van der Waals surface area (Å²) in [7, 11) is -2.91. The Morgan fingerprint density at radius 1 is 1.50 bits per heavy atom. The van der Waals surface area contributed by atoms with Gasteiger partial charge in [-0.2, -0.15) is 4.31 Å². The molecule has 0 N–H and O–H groups in total. The summed E-state index contributed by atoms with van der Waals surface area (Å²) in [5.41, 5.74) is 0. The van der Waals surface area contributed by atoms with Crippen LogP contribution in [0.25, 0.3) is 0 Å². The number of rotatable bonds is 2. The molecule has 1 fully saturated rings. The molecule has 1 atom stereocenters. The normalized spacial score (nSPS) is 29.8. The highest BCUT2D eigenvalue weighted by Gasteiger charge is 2.37. The minimum absolute atomic E-state index is 0.113. The zero-order chi connectivity index (χ0) is 9.35. The highest BCUT2D eigenvalue weighted by atomic mass is 32.2. The minimum Gasteiger partial charge on any atom is -0.212 e.